The number of anilines is 1. The normalized spacial score (nSPS) is 11.3. The van der Waals surface area contributed by atoms with Crippen LogP contribution in [-0.2, 0) is 16.6 Å². The Labute approximate surface area is 127 Å². The van der Waals surface area contributed by atoms with E-state index in [-0.39, 0.29) is 22.2 Å². The molecule has 106 valence electrons. The van der Waals surface area contributed by atoms with Gasteiger partial charge in [-0.3, -0.25) is 4.72 Å². The van der Waals surface area contributed by atoms with Gasteiger partial charge in [-0.2, -0.15) is 0 Å². The van der Waals surface area contributed by atoms with E-state index >= 15 is 0 Å². The lowest BCUT2D eigenvalue weighted by atomic mass is 10.2. The van der Waals surface area contributed by atoms with E-state index in [0.717, 1.165) is 0 Å². The molecule has 7 heteroatoms. The first-order valence-electron chi connectivity index (χ1n) is 5.60. The van der Waals surface area contributed by atoms with E-state index in [1.165, 1.54) is 30.3 Å². The minimum atomic E-state index is -3.83. The zero-order chi connectivity index (χ0) is 14.8. The van der Waals surface area contributed by atoms with Crippen LogP contribution in [-0.4, -0.2) is 13.5 Å². The van der Waals surface area contributed by atoms with Crippen molar-refractivity contribution in [2.75, 3.05) is 4.72 Å². The van der Waals surface area contributed by atoms with Crippen molar-refractivity contribution in [2.45, 2.75) is 11.5 Å². The fourth-order valence-electron chi connectivity index (χ4n) is 1.67. The van der Waals surface area contributed by atoms with Crippen LogP contribution in [0.1, 0.15) is 5.56 Å². The number of rotatable bonds is 4. The van der Waals surface area contributed by atoms with Crippen LogP contribution in [0.5, 0.6) is 0 Å². The molecule has 0 heterocycles. The number of nitrogens with one attached hydrogen (secondary N) is 1. The molecule has 0 atom stereocenters. The first kappa shape index (κ1) is 15.1. The number of hydrogen-bond donors (Lipinski definition) is 2. The van der Waals surface area contributed by atoms with Crippen LogP contribution < -0.4 is 4.72 Å². The van der Waals surface area contributed by atoms with Crippen LogP contribution in [0.15, 0.2) is 47.4 Å². The third kappa shape index (κ3) is 3.24. The molecular weight excluding hydrogens is 321 g/mol. The van der Waals surface area contributed by atoms with Crippen LogP contribution in [0.3, 0.4) is 0 Å². The number of aliphatic hydroxyl groups is 1. The molecule has 20 heavy (non-hydrogen) atoms. The smallest absolute Gasteiger partial charge is 0.262 e. The van der Waals surface area contributed by atoms with Crippen LogP contribution in [0.2, 0.25) is 10.0 Å². The summed E-state index contributed by atoms with van der Waals surface area (Å²) in [6.45, 7) is -0.370. The summed E-state index contributed by atoms with van der Waals surface area (Å²) in [5.74, 6) is 0. The Morgan fingerprint density at radius 3 is 2.45 bits per heavy atom. The largest absolute Gasteiger partial charge is 0.392 e. The Kier molecular flexibility index (Phi) is 4.55. The minimum Gasteiger partial charge on any atom is -0.392 e. The molecule has 2 rings (SSSR count). The van der Waals surface area contributed by atoms with Gasteiger partial charge in [-0.1, -0.05) is 41.4 Å². The Bertz CT molecular complexity index is 732. The zero-order valence-electron chi connectivity index (χ0n) is 10.2. The molecule has 0 aliphatic rings. The number of aliphatic hydroxyl groups excluding tert-OH is 1. The predicted octanol–water partition coefficient (Wildman–Crippen LogP) is 3.29. The van der Waals surface area contributed by atoms with Gasteiger partial charge < -0.3 is 5.11 Å². The average molecular weight is 332 g/mol. The topological polar surface area (TPSA) is 66.4 Å². The van der Waals surface area contributed by atoms with Crippen molar-refractivity contribution in [3.63, 3.8) is 0 Å². The molecule has 4 nitrogen and oxygen atoms in total. The number of benzene rings is 2. The Hall–Kier alpha value is -1.27. The van der Waals surface area contributed by atoms with Gasteiger partial charge in [0.2, 0.25) is 0 Å². The molecule has 0 saturated heterocycles. The van der Waals surface area contributed by atoms with Gasteiger partial charge >= 0.3 is 0 Å². The number of hydrogen-bond acceptors (Lipinski definition) is 3. The zero-order valence-corrected chi connectivity index (χ0v) is 12.5. The fourth-order valence-corrected chi connectivity index (χ4v) is 3.49. The van der Waals surface area contributed by atoms with Gasteiger partial charge in [0.25, 0.3) is 10.0 Å². The van der Waals surface area contributed by atoms with Crippen LogP contribution >= 0.6 is 23.2 Å². The quantitative estimate of drug-likeness (QED) is 0.903. The van der Waals surface area contributed by atoms with Crippen molar-refractivity contribution in [1.29, 1.82) is 0 Å². The highest BCUT2D eigenvalue weighted by Gasteiger charge is 2.19. The lowest BCUT2D eigenvalue weighted by molar-refractivity contribution is 0.278. The van der Waals surface area contributed by atoms with E-state index in [4.69, 9.17) is 23.2 Å². The Morgan fingerprint density at radius 1 is 1.10 bits per heavy atom. The van der Waals surface area contributed by atoms with Crippen molar-refractivity contribution >= 4 is 38.9 Å². The summed E-state index contributed by atoms with van der Waals surface area (Å²) < 4.78 is 27.0. The summed E-state index contributed by atoms with van der Waals surface area (Å²) >= 11 is 11.7. The SMILES string of the molecule is O=S(=O)(Nc1ccc(Cl)cc1Cl)c1ccccc1CO. The second-order valence-electron chi connectivity index (χ2n) is 4.00. The highest BCUT2D eigenvalue weighted by atomic mass is 35.5. The molecule has 0 aliphatic heterocycles. The lowest BCUT2D eigenvalue weighted by Crippen LogP contribution is -2.15. The highest BCUT2D eigenvalue weighted by Crippen LogP contribution is 2.28. The van der Waals surface area contributed by atoms with Crippen LogP contribution in [0, 0.1) is 0 Å². The van der Waals surface area contributed by atoms with E-state index in [2.05, 4.69) is 4.72 Å². The minimum absolute atomic E-state index is 0.00789. The van der Waals surface area contributed by atoms with Gasteiger partial charge in [-0.05, 0) is 29.8 Å². The molecule has 2 aromatic carbocycles. The molecule has 0 fully saturated rings. The van der Waals surface area contributed by atoms with Gasteiger partial charge in [-0.25, -0.2) is 8.42 Å². The Balaban J connectivity index is 2.41. The van der Waals surface area contributed by atoms with E-state index in [1.54, 1.807) is 12.1 Å². The average Bonchev–Trinajstić information content (AvgIpc) is 2.42. The number of halogens is 2. The molecule has 0 saturated carbocycles. The maximum absolute atomic E-state index is 12.3. The summed E-state index contributed by atoms with van der Waals surface area (Å²) in [5.41, 5.74) is 0.536. The monoisotopic (exact) mass is 331 g/mol. The maximum atomic E-state index is 12.3. The molecule has 0 unspecified atom stereocenters. The van der Waals surface area contributed by atoms with Crippen LogP contribution in [0.4, 0.5) is 5.69 Å². The second-order valence-corrected chi connectivity index (χ2v) is 6.49. The van der Waals surface area contributed by atoms with Gasteiger partial charge in [0.05, 0.1) is 22.2 Å². The third-order valence-corrected chi connectivity index (χ3v) is 4.62. The molecular formula is C13H11Cl2NO3S. The van der Waals surface area contributed by atoms with Crippen molar-refractivity contribution in [3.8, 4) is 0 Å². The Morgan fingerprint density at radius 2 is 1.80 bits per heavy atom. The highest BCUT2D eigenvalue weighted by molar-refractivity contribution is 7.92. The standard InChI is InChI=1S/C13H11Cl2NO3S/c14-10-5-6-12(11(15)7-10)16-20(18,19)13-4-2-1-3-9(13)8-17/h1-7,16-17H,8H2. The molecule has 2 N–H and O–H groups in total. The molecule has 0 aromatic heterocycles. The first-order chi connectivity index (χ1) is 9.44. The lowest BCUT2D eigenvalue weighted by Gasteiger charge is -2.12. The van der Waals surface area contributed by atoms with E-state index < -0.39 is 10.0 Å². The molecule has 0 aliphatic carbocycles. The van der Waals surface area contributed by atoms with Crippen molar-refractivity contribution in [3.05, 3.63) is 58.1 Å². The summed E-state index contributed by atoms with van der Waals surface area (Å²) in [7, 11) is -3.83. The molecule has 2 aromatic rings. The fraction of sp³-hybridized carbons (Fsp3) is 0.0769. The number of sulfonamides is 1. The summed E-state index contributed by atoms with van der Waals surface area (Å²) in [4.78, 5) is 0.00789. The first-order valence-corrected chi connectivity index (χ1v) is 7.84. The van der Waals surface area contributed by atoms with Gasteiger partial charge in [0, 0.05) is 5.02 Å². The summed E-state index contributed by atoms with van der Waals surface area (Å²) in [6, 6.07) is 10.6. The van der Waals surface area contributed by atoms with Crippen molar-refractivity contribution < 1.29 is 13.5 Å². The van der Waals surface area contributed by atoms with Crippen LogP contribution in [0.25, 0.3) is 0 Å². The molecule has 0 bridgehead atoms. The van der Waals surface area contributed by atoms with Crippen molar-refractivity contribution in [2.24, 2.45) is 0 Å². The van der Waals surface area contributed by atoms with Crippen molar-refractivity contribution in [1.82, 2.24) is 0 Å². The summed E-state index contributed by atoms with van der Waals surface area (Å²) in [5, 5.41) is 9.81. The van der Waals surface area contributed by atoms with Gasteiger partial charge in [0.1, 0.15) is 0 Å². The maximum Gasteiger partial charge on any atom is 0.262 e. The summed E-state index contributed by atoms with van der Waals surface area (Å²) in [6.07, 6.45) is 0. The van der Waals surface area contributed by atoms with E-state index in [0.29, 0.717) is 10.6 Å². The van der Waals surface area contributed by atoms with E-state index in [9.17, 15) is 13.5 Å². The molecule has 0 amide bonds. The van der Waals surface area contributed by atoms with E-state index in [1.807, 2.05) is 0 Å². The predicted molar refractivity (Wildman–Crippen MR) is 79.6 cm³/mol. The second kappa shape index (κ2) is 6.01. The molecule has 0 spiro atoms. The third-order valence-electron chi connectivity index (χ3n) is 2.61. The molecule has 0 radical (unpaired) electrons. The van der Waals surface area contributed by atoms with Gasteiger partial charge in [0.15, 0.2) is 0 Å². The van der Waals surface area contributed by atoms with Gasteiger partial charge in [-0.15, -0.1) is 0 Å².